The number of carbonyl (C=O) groups excluding carboxylic acids is 2. The molecule has 11 heteroatoms. The molecule has 2 saturated heterocycles. The van der Waals surface area contributed by atoms with Gasteiger partial charge in [-0.15, -0.1) is 0 Å². The number of amides is 2. The average molecular weight is 529 g/mol. The second-order valence-corrected chi connectivity index (χ2v) is 11.9. The van der Waals surface area contributed by atoms with Crippen molar-refractivity contribution in [2.75, 3.05) is 32.4 Å². The monoisotopic (exact) mass is 528 g/mol. The number of carbonyl (C=O) groups is 2. The molecule has 0 aromatic heterocycles. The topological polar surface area (TPSA) is 119 Å². The summed E-state index contributed by atoms with van der Waals surface area (Å²) in [6.07, 6.45) is 0.961. The predicted octanol–water partition coefficient (Wildman–Crippen LogP) is 0.955. The summed E-state index contributed by atoms with van der Waals surface area (Å²) in [5, 5.41) is 13.2. The zero-order valence-electron chi connectivity index (χ0n) is 20.8. The molecule has 0 radical (unpaired) electrons. The fourth-order valence-corrected chi connectivity index (χ4v) is 6.06. The van der Waals surface area contributed by atoms with Gasteiger partial charge in [0.1, 0.15) is 18.6 Å². The summed E-state index contributed by atoms with van der Waals surface area (Å²) in [5.74, 6) is 0.0131. The van der Waals surface area contributed by atoms with Crippen LogP contribution < -0.4 is 10.1 Å². The van der Waals surface area contributed by atoms with E-state index in [0.29, 0.717) is 57.1 Å². The van der Waals surface area contributed by atoms with Crippen LogP contribution in [0.4, 0.5) is 0 Å². The lowest BCUT2D eigenvalue weighted by Crippen LogP contribution is -2.51. The van der Waals surface area contributed by atoms with Crippen molar-refractivity contribution in [2.45, 2.75) is 44.8 Å². The van der Waals surface area contributed by atoms with E-state index in [0.717, 1.165) is 23.2 Å². The molecule has 0 aliphatic carbocycles. The highest BCUT2D eigenvalue weighted by atomic mass is 32.2. The number of aliphatic hydroxyl groups excluding tert-OH is 1. The normalized spacial score (nSPS) is 23.6. The summed E-state index contributed by atoms with van der Waals surface area (Å²) in [5.41, 5.74) is 3.72. The molecule has 5 rings (SSSR count). The molecule has 0 bridgehead atoms. The molecule has 3 heterocycles. The van der Waals surface area contributed by atoms with Gasteiger partial charge in [-0.1, -0.05) is 36.4 Å². The highest BCUT2D eigenvalue weighted by Gasteiger charge is 2.40. The number of hydrogen-bond donors (Lipinski definition) is 2. The fourth-order valence-electron chi connectivity index (χ4n) is 5.24. The van der Waals surface area contributed by atoms with Crippen molar-refractivity contribution in [1.29, 1.82) is 0 Å². The number of nitrogens with zero attached hydrogens (tertiary/aromatic N) is 3. The molecule has 3 aliphatic heterocycles. The lowest BCUT2D eigenvalue weighted by molar-refractivity contribution is -0.141. The van der Waals surface area contributed by atoms with E-state index < -0.39 is 22.3 Å². The second-order valence-electron chi connectivity index (χ2n) is 9.88. The maximum Gasteiger partial charge on any atom is 0.244 e. The van der Waals surface area contributed by atoms with Gasteiger partial charge in [-0.3, -0.25) is 24.7 Å². The minimum Gasteiger partial charge on any atom is -0.489 e. The van der Waals surface area contributed by atoms with E-state index >= 15 is 0 Å². The summed E-state index contributed by atoms with van der Waals surface area (Å²) in [4.78, 5) is 27.8. The Morgan fingerprint density at radius 2 is 1.73 bits per heavy atom. The Kier molecular flexibility index (Phi) is 7.32. The van der Waals surface area contributed by atoms with Crippen LogP contribution in [0.3, 0.4) is 0 Å². The molecule has 2 fully saturated rings. The van der Waals surface area contributed by atoms with Crippen molar-refractivity contribution in [2.24, 2.45) is 0 Å². The fraction of sp³-hybridized carbons (Fsp3) is 0.462. The van der Waals surface area contributed by atoms with Gasteiger partial charge in [0.15, 0.2) is 0 Å². The SMILES string of the molecule is CS(=O)(=O)N1CCN(Cc2ccc(COc3cccc4c3CN(C3CCC(=O)NC3=O)C4O)cc2)CC1. The van der Waals surface area contributed by atoms with Gasteiger partial charge in [0.25, 0.3) is 0 Å². The van der Waals surface area contributed by atoms with Gasteiger partial charge in [0, 0.05) is 56.8 Å². The summed E-state index contributed by atoms with van der Waals surface area (Å²) in [6, 6.07) is 13.1. The van der Waals surface area contributed by atoms with Crippen LogP contribution in [0.25, 0.3) is 0 Å². The maximum atomic E-state index is 12.3. The number of nitrogens with one attached hydrogen (secondary N) is 1. The number of ether oxygens (including phenoxy) is 1. The molecule has 2 amide bonds. The molecule has 2 N–H and O–H groups in total. The number of imide groups is 1. The van der Waals surface area contributed by atoms with E-state index in [1.165, 1.54) is 10.6 Å². The van der Waals surface area contributed by atoms with Crippen LogP contribution in [-0.4, -0.2) is 77.9 Å². The standard InChI is InChI=1S/C26H32N4O6S/c1-37(34,35)29-13-11-28(12-14-29)15-18-5-7-19(8-6-18)17-36-23-4-2-3-20-21(23)16-30(26(20)33)22-9-10-24(31)27-25(22)32/h2-8,22,26,33H,9-17H2,1H3,(H,27,31,32). The third kappa shape index (κ3) is 5.70. The number of fused-ring (bicyclic) bond motifs is 1. The Morgan fingerprint density at radius 3 is 2.41 bits per heavy atom. The number of piperazine rings is 1. The van der Waals surface area contributed by atoms with Crippen molar-refractivity contribution in [3.8, 4) is 5.75 Å². The van der Waals surface area contributed by atoms with Crippen molar-refractivity contribution in [3.63, 3.8) is 0 Å². The maximum absolute atomic E-state index is 12.3. The largest absolute Gasteiger partial charge is 0.489 e. The first-order valence-corrected chi connectivity index (χ1v) is 14.3. The van der Waals surface area contributed by atoms with Crippen LogP contribution in [0.15, 0.2) is 42.5 Å². The van der Waals surface area contributed by atoms with Crippen molar-refractivity contribution < 1.29 is 27.9 Å². The zero-order valence-corrected chi connectivity index (χ0v) is 21.6. The average Bonchev–Trinajstić information content (AvgIpc) is 3.20. The third-order valence-corrected chi connectivity index (χ3v) is 8.64. The molecule has 3 aliphatic rings. The molecule has 2 aromatic rings. The van der Waals surface area contributed by atoms with E-state index in [4.69, 9.17) is 4.74 Å². The van der Waals surface area contributed by atoms with E-state index in [-0.39, 0.29) is 18.2 Å². The van der Waals surface area contributed by atoms with E-state index in [9.17, 15) is 23.1 Å². The number of piperidine rings is 1. The van der Waals surface area contributed by atoms with E-state index in [1.807, 2.05) is 30.3 Å². The predicted molar refractivity (Wildman–Crippen MR) is 136 cm³/mol. The van der Waals surface area contributed by atoms with Gasteiger partial charge in [0.2, 0.25) is 21.8 Å². The first-order chi connectivity index (χ1) is 17.7. The van der Waals surface area contributed by atoms with Crippen LogP contribution in [0, 0.1) is 0 Å². The van der Waals surface area contributed by atoms with Gasteiger partial charge in [0.05, 0.1) is 12.3 Å². The lowest BCUT2D eigenvalue weighted by Gasteiger charge is -2.33. The number of benzene rings is 2. The Balaban J connectivity index is 1.17. The molecule has 198 valence electrons. The van der Waals surface area contributed by atoms with Crippen molar-refractivity contribution in [3.05, 3.63) is 64.7 Å². The number of hydrogen-bond acceptors (Lipinski definition) is 8. The molecule has 0 spiro atoms. The molecule has 37 heavy (non-hydrogen) atoms. The van der Waals surface area contributed by atoms with Crippen LogP contribution >= 0.6 is 0 Å². The van der Waals surface area contributed by atoms with Gasteiger partial charge in [-0.2, -0.15) is 4.31 Å². The number of rotatable bonds is 7. The molecule has 0 saturated carbocycles. The summed E-state index contributed by atoms with van der Waals surface area (Å²) in [7, 11) is -3.13. The minimum atomic E-state index is -3.13. The Hall–Kier alpha value is -2.83. The quantitative estimate of drug-likeness (QED) is 0.510. The summed E-state index contributed by atoms with van der Waals surface area (Å²) in [6.45, 7) is 3.93. The van der Waals surface area contributed by atoms with Crippen molar-refractivity contribution in [1.82, 2.24) is 19.4 Å². The second kappa shape index (κ2) is 10.5. The Morgan fingerprint density at radius 1 is 1.03 bits per heavy atom. The van der Waals surface area contributed by atoms with Gasteiger partial charge >= 0.3 is 0 Å². The van der Waals surface area contributed by atoms with Gasteiger partial charge in [-0.05, 0) is 23.6 Å². The Labute approximate surface area is 216 Å². The molecule has 2 unspecified atom stereocenters. The summed E-state index contributed by atoms with van der Waals surface area (Å²) >= 11 is 0. The molecule has 2 atom stereocenters. The van der Waals surface area contributed by atoms with Crippen LogP contribution in [0.2, 0.25) is 0 Å². The van der Waals surface area contributed by atoms with Crippen LogP contribution in [0.5, 0.6) is 5.75 Å². The molecule has 2 aromatic carbocycles. The van der Waals surface area contributed by atoms with Crippen LogP contribution in [0.1, 0.15) is 41.3 Å². The highest BCUT2D eigenvalue weighted by Crippen LogP contribution is 2.39. The highest BCUT2D eigenvalue weighted by molar-refractivity contribution is 7.88. The van der Waals surface area contributed by atoms with Crippen molar-refractivity contribution >= 4 is 21.8 Å². The molecular weight excluding hydrogens is 496 g/mol. The minimum absolute atomic E-state index is 0.256. The first kappa shape index (κ1) is 25.8. The zero-order chi connectivity index (χ0) is 26.2. The molecule has 10 nitrogen and oxygen atoms in total. The number of aliphatic hydroxyl groups is 1. The van der Waals surface area contributed by atoms with Gasteiger partial charge < -0.3 is 9.84 Å². The smallest absolute Gasteiger partial charge is 0.244 e. The van der Waals surface area contributed by atoms with Crippen LogP contribution in [-0.2, 0) is 39.3 Å². The number of sulfonamides is 1. The summed E-state index contributed by atoms with van der Waals surface area (Å²) < 4.78 is 31.0. The Bertz CT molecular complexity index is 1270. The van der Waals surface area contributed by atoms with E-state index in [2.05, 4.69) is 22.3 Å². The molecular formula is C26H32N4O6S. The lowest BCUT2D eigenvalue weighted by atomic mass is 10.0. The third-order valence-electron chi connectivity index (χ3n) is 7.34. The van der Waals surface area contributed by atoms with E-state index in [1.54, 1.807) is 4.90 Å². The van der Waals surface area contributed by atoms with Gasteiger partial charge in [-0.25, -0.2) is 8.42 Å². The first-order valence-electron chi connectivity index (χ1n) is 12.5.